The summed E-state index contributed by atoms with van der Waals surface area (Å²) < 4.78 is 14.1. The molecule has 37 heavy (non-hydrogen) atoms. The van der Waals surface area contributed by atoms with Crippen molar-refractivity contribution in [3.05, 3.63) is 64.8 Å². The van der Waals surface area contributed by atoms with E-state index in [4.69, 9.17) is 4.74 Å². The van der Waals surface area contributed by atoms with Crippen LogP contribution in [0.15, 0.2) is 53.8 Å². The molecule has 0 unspecified atom stereocenters. The van der Waals surface area contributed by atoms with Crippen molar-refractivity contribution in [1.82, 2.24) is 9.80 Å². The Bertz CT molecular complexity index is 1180. The number of amides is 3. The number of imide groups is 1. The van der Waals surface area contributed by atoms with Crippen LogP contribution in [0.3, 0.4) is 0 Å². The summed E-state index contributed by atoms with van der Waals surface area (Å²) in [6.45, 7) is 3.29. The third-order valence-electron chi connectivity index (χ3n) is 5.63. The van der Waals surface area contributed by atoms with Gasteiger partial charge < -0.3 is 19.7 Å². The molecule has 0 spiro atoms. The standard InChI is InChI=1S/C25H28N4O8/c1-15(10-9-13-18(30)35-3)14-28-16(2)19(23(32)36-4)21(17-11-7-6-8-12-17)29(25(28)34)22(31)20(27-26)24(33)37-5/h6-12,15,21H,13-14H2,1-5H3/b10-9+/t15-,21-/m0/s1. The Morgan fingerprint density at radius 2 is 1.73 bits per heavy atom. The summed E-state index contributed by atoms with van der Waals surface area (Å²) >= 11 is 0. The molecule has 1 aromatic carbocycles. The van der Waals surface area contributed by atoms with Gasteiger partial charge in [-0.1, -0.05) is 49.4 Å². The van der Waals surface area contributed by atoms with Gasteiger partial charge in [0.1, 0.15) is 6.04 Å². The van der Waals surface area contributed by atoms with Crippen LogP contribution in [0.25, 0.3) is 5.53 Å². The van der Waals surface area contributed by atoms with Crippen molar-refractivity contribution in [2.24, 2.45) is 5.92 Å². The maximum atomic E-state index is 13.8. The number of allylic oxidation sites excluding steroid dienone is 1. The lowest BCUT2D eigenvalue weighted by Gasteiger charge is -2.41. The lowest BCUT2D eigenvalue weighted by Crippen LogP contribution is -2.56. The van der Waals surface area contributed by atoms with E-state index in [1.807, 2.05) is 0 Å². The highest BCUT2D eigenvalue weighted by molar-refractivity contribution is 6.62. The van der Waals surface area contributed by atoms with E-state index in [-0.39, 0.29) is 30.2 Å². The fraction of sp³-hybridized carbons (Fsp3) is 0.360. The average molecular weight is 513 g/mol. The zero-order valence-electron chi connectivity index (χ0n) is 21.2. The number of carbonyl (C=O) groups is 5. The van der Waals surface area contributed by atoms with Crippen molar-refractivity contribution in [3.8, 4) is 0 Å². The van der Waals surface area contributed by atoms with Gasteiger partial charge in [0.2, 0.25) is 0 Å². The maximum Gasteiger partial charge on any atom is 0.463 e. The van der Waals surface area contributed by atoms with Gasteiger partial charge in [-0.15, -0.1) is 0 Å². The Morgan fingerprint density at radius 3 is 2.27 bits per heavy atom. The predicted molar refractivity (Wildman–Crippen MR) is 128 cm³/mol. The van der Waals surface area contributed by atoms with Crippen molar-refractivity contribution >= 4 is 35.6 Å². The smallest absolute Gasteiger partial charge is 0.463 e. The van der Waals surface area contributed by atoms with E-state index >= 15 is 0 Å². The molecule has 3 amide bonds. The first-order valence-electron chi connectivity index (χ1n) is 11.2. The number of ether oxygens (including phenoxy) is 3. The molecule has 12 heteroatoms. The number of nitrogens with zero attached hydrogens (tertiary/aromatic N) is 4. The van der Waals surface area contributed by atoms with Crippen LogP contribution in [0.4, 0.5) is 4.79 Å². The van der Waals surface area contributed by atoms with E-state index in [2.05, 4.69) is 14.3 Å². The summed E-state index contributed by atoms with van der Waals surface area (Å²) in [5.41, 5.74) is 8.90. The molecule has 0 aliphatic carbocycles. The van der Waals surface area contributed by atoms with Crippen molar-refractivity contribution in [2.45, 2.75) is 26.3 Å². The van der Waals surface area contributed by atoms with Crippen molar-refractivity contribution in [3.63, 3.8) is 0 Å². The van der Waals surface area contributed by atoms with E-state index < -0.39 is 41.6 Å². The molecule has 0 N–H and O–H groups in total. The van der Waals surface area contributed by atoms with Gasteiger partial charge in [-0.3, -0.25) is 14.5 Å². The Kier molecular flexibility index (Phi) is 10.0. The molecule has 2 atom stereocenters. The molecular formula is C25H28N4O8. The molecule has 1 heterocycles. The number of carbonyl (C=O) groups excluding carboxylic acids is 5. The number of hydrogen-bond donors (Lipinski definition) is 0. The zero-order valence-corrected chi connectivity index (χ0v) is 21.2. The van der Waals surface area contributed by atoms with Crippen molar-refractivity contribution < 1.29 is 43.0 Å². The third-order valence-corrected chi connectivity index (χ3v) is 5.63. The van der Waals surface area contributed by atoms with Gasteiger partial charge in [-0.25, -0.2) is 19.3 Å². The molecule has 1 aliphatic heterocycles. The Hall–Kier alpha value is -4.57. The fourth-order valence-corrected chi connectivity index (χ4v) is 3.81. The first-order chi connectivity index (χ1) is 17.6. The molecule has 0 bridgehead atoms. The molecule has 1 aromatic rings. The highest BCUT2D eigenvalue weighted by Gasteiger charge is 2.50. The van der Waals surface area contributed by atoms with Crippen LogP contribution in [0.5, 0.6) is 0 Å². The van der Waals surface area contributed by atoms with Crippen LogP contribution in [0, 0.1) is 5.92 Å². The van der Waals surface area contributed by atoms with E-state index in [1.54, 1.807) is 49.4 Å². The van der Waals surface area contributed by atoms with Crippen LogP contribution in [0.1, 0.15) is 31.9 Å². The lowest BCUT2D eigenvalue weighted by atomic mass is 9.92. The second kappa shape index (κ2) is 12.9. The highest BCUT2D eigenvalue weighted by Crippen LogP contribution is 2.38. The quantitative estimate of drug-likeness (QED) is 0.0925. The summed E-state index contributed by atoms with van der Waals surface area (Å²) in [7, 11) is 3.40. The number of methoxy groups -OCH3 is 3. The van der Waals surface area contributed by atoms with Crippen molar-refractivity contribution in [1.29, 1.82) is 0 Å². The van der Waals surface area contributed by atoms with Crippen LogP contribution < -0.4 is 0 Å². The Labute approximate surface area is 213 Å². The van der Waals surface area contributed by atoms with Gasteiger partial charge in [0.15, 0.2) is 0 Å². The highest BCUT2D eigenvalue weighted by atomic mass is 16.5. The van der Waals surface area contributed by atoms with Gasteiger partial charge in [0, 0.05) is 12.2 Å². The Morgan fingerprint density at radius 1 is 1.08 bits per heavy atom. The van der Waals surface area contributed by atoms with Crippen molar-refractivity contribution in [2.75, 3.05) is 27.9 Å². The molecule has 0 saturated heterocycles. The SMILES string of the molecule is COC(=O)C/C=C/[C@H](C)CN1C(=O)N(C(=O)C(=[N+]=[N-])C(=O)OC)[C@@H](c2ccccc2)C(C(=O)OC)=C1C. The molecule has 196 valence electrons. The second-order valence-corrected chi connectivity index (χ2v) is 8.00. The summed E-state index contributed by atoms with van der Waals surface area (Å²) in [5, 5.41) is 0. The molecular weight excluding hydrogens is 484 g/mol. The van der Waals surface area contributed by atoms with Gasteiger partial charge in [-0.2, -0.15) is 4.79 Å². The zero-order chi connectivity index (χ0) is 27.7. The first-order valence-corrected chi connectivity index (χ1v) is 11.2. The molecule has 0 fully saturated rings. The number of esters is 3. The first kappa shape index (κ1) is 28.7. The lowest BCUT2D eigenvalue weighted by molar-refractivity contribution is -0.142. The fourth-order valence-electron chi connectivity index (χ4n) is 3.81. The molecule has 0 saturated carbocycles. The largest absolute Gasteiger partial charge is 0.469 e. The molecule has 0 radical (unpaired) electrons. The van der Waals surface area contributed by atoms with Crippen LogP contribution >= 0.6 is 0 Å². The second-order valence-electron chi connectivity index (χ2n) is 8.00. The number of urea groups is 1. The van der Waals surface area contributed by atoms with E-state index in [9.17, 15) is 29.5 Å². The molecule has 12 nitrogen and oxygen atoms in total. The van der Waals surface area contributed by atoms with E-state index in [0.717, 1.165) is 14.2 Å². The van der Waals surface area contributed by atoms with Crippen LogP contribution in [0.2, 0.25) is 0 Å². The summed E-state index contributed by atoms with van der Waals surface area (Å²) in [4.78, 5) is 68.3. The number of hydrogen-bond acceptors (Lipinski definition) is 8. The van der Waals surface area contributed by atoms with Gasteiger partial charge >= 0.3 is 35.6 Å². The van der Waals surface area contributed by atoms with Gasteiger partial charge in [-0.05, 0) is 18.4 Å². The normalized spacial score (nSPS) is 16.2. The van der Waals surface area contributed by atoms with Crippen LogP contribution in [-0.2, 0) is 33.4 Å². The van der Waals surface area contributed by atoms with Gasteiger partial charge in [0.25, 0.3) is 0 Å². The topological polar surface area (TPSA) is 156 Å². The molecule has 2 rings (SSSR count). The molecule has 1 aliphatic rings. The minimum Gasteiger partial charge on any atom is -0.469 e. The van der Waals surface area contributed by atoms with E-state index in [0.29, 0.717) is 10.5 Å². The van der Waals surface area contributed by atoms with Gasteiger partial charge in [0.05, 0.1) is 33.3 Å². The summed E-state index contributed by atoms with van der Waals surface area (Å²) in [5.74, 6) is -4.14. The molecule has 0 aromatic heterocycles. The summed E-state index contributed by atoms with van der Waals surface area (Å²) in [6.07, 6.45) is 3.28. The predicted octanol–water partition coefficient (Wildman–Crippen LogP) is 2.04. The monoisotopic (exact) mass is 512 g/mol. The number of rotatable bonds is 9. The maximum absolute atomic E-state index is 13.8. The minimum absolute atomic E-state index is 0.00204. The Balaban J connectivity index is 2.68. The average Bonchev–Trinajstić information content (AvgIpc) is 2.90. The third kappa shape index (κ3) is 6.36. The minimum atomic E-state index is -1.29. The summed E-state index contributed by atoms with van der Waals surface area (Å²) in [6, 6.07) is 6.02. The van der Waals surface area contributed by atoms with E-state index in [1.165, 1.54) is 18.9 Å². The number of benzene rings is 1. The van der Waals surface area contributed by atoms with Crippen LogP contribution in [-0.4, -0.2) is 78.0 Å².